The summed E-state index contributed by atoms with van der Waals surface area (Å²) >= 11 is 0. The van der Waals surface area contributed by atoms with Crippen molar-refractivity contribution in [3.8, 4) is 0 Å². The zero-order chi connectivity index (χ0) is 12.6. The van der Waals surface area contributed by atoms with Gasteiger partial charge in [-0.15, -0.1) is 0 Å². The predicted octanol–water partition coefficient (Wildman–Crippen LogP) is 4.39. The van der Waals surface area contributed by atoms with Gasteiger partial charge in [0.1, 0.15) is 5.60 Å². The fourth-order valence-corrected chi connectivity index (χ4v) is 2.84. The van der Waals surface area contributed by atoms with Crippen molar-refractivity contribution in [3.63, 3.8) is 0 Å². The van der Waals surface area contributed by atoms with Crippen molar-refractivity contribution in [1.82, 2.24) is 0 Å². The summed E-state index contributed by atoms with van der Waals surface area (Å²) in [7, 11) is 0. The SMILES string of the molecule is C=CC(=O)OC1(CCC)CCCCCCCC1. The Hall–Kier alpha value is -0.790. The Morgan fingerprint density at radius 2 is 1.71 bits per heavy atom. The van der Waals surface area contributed by atoms with Gasteiger partial charge in [-0.1, -0.05) is 45.6 Å². The smallest absolute Gasteiger partial charge is 0.330 e. The molecular formula is C15H26O2. The molecule has 1 aliphatic rings. The van der Waals surface area contributed by atoms with E-state index in [9.17, 15) is 4.79 Å². The molecule has 0 aromatic heterocycles. The van der Waals surface area contributed by atoms with Gasteiger partial charge >= 0.3 is 5.97 Å². The van der Waals surface area contributed by atoms with Crippen molar-refractivity contribution < 1.29 is 9.53 Å². The first-order valence-electron chi connectivity index (χ1n) is 7.08. The highest BCUT2D eigenvalue weighted by Gasteiger charge is 2.32. The molecule has 0 aliphatic heterocycles. The maximum atomic E-state index is 11.5. The van der Waals surface area contributed by atoms with E-state index in [4.69, 9.17) is 4.74 Å². The van der Waals surface area contributed by atoms with Gasteiger partial charge in [-0.25, -0.2) is 4.79 Å². The number of hydrogen-bond acceptors (Lipinski definition) is 2. The van der Waals surface area contributed by atoms with Crippen LogP contribution in [0.15, 0.2) is 12.7 Å². The van der Waals surface area contributed by atoms with Crippen LogP contribution in [-0.2, 0) is 9.53 Å². The molecule has 0 unspecified atom stereocenters. The van der Waals surface area contributed by atoms with Crippen LogP contribution in [0.3, 0.4) is 0 Å². The average molecular weight is 238 g/mol. The molecule has 1 rings (SSSR count). The second-order valence-corrected chi connectivity index (χ2v) is 5.18. The molecule has 0 N–H and O–H groups in total. The zero-order valence-corrected chi connectivity index (χ0v) is 11.2. The van der Waals surface area contributed by atoms with Crippen molar-refractivity contribution in [2.45, 2.75) is 76.7 Å². The van der Waals surface area contributed by atoms with Crippen LogP contribution in [0.2, 0.25) is 0 Å². The van der Waals surface area contributed by atoms with Crippen molar-refractivity contribution in [1.29, 1.82) is 0 Å². The largest absolute Gasteiger partial charge is 0.456 e. The molecule has 0 aromatic rings. The summed E-state index contributed by atoms with van der Waals surface area (Å²) in [4.78, 5) is 11.5. The van der Waals surface area contributed by atoms with Crippen LogP contribution in [-0.4, -0.2) is 11.6 Å². The summed E-state index contributed by atoms with van der Waals surface area (Å²) in [5.74, 6) is -0.252. The normalized spacial score (nSPS) is 20.8. The molecule has 0 bridgehead atoms. The van der Waals surface area contributed by atoms with Crippen LogP contribution in [0.5, 0.6) is 0 Å². The van der Waals surface area contributed by atoms with E-state index in [1.807, 2.05) is 0 Å². The van der Waals surface area contributed by atoms with Gasteiger partial charge in [-0.3, -0.25) is 0 Å². The van der Waals surface area contributed by atoms with Gasteiger partial charge in [-0.05, 0) is 32.1 Å². The van der Waals surface area contributed by atoms with Gasteiger partial charge < -0.3 is 4.74 Å². The first kappa shape index (κ1) is 14.3. The molecule has 0 amide bonds. The van der Waals surface area contributed by atoms with E-state index in [0.717, 1.165) is 25.7 Å². The Labute approximate surface area is 105 Å². The lowest BCUT2D eigenvalue weighted by Gasteiger charge is -2.33. The third kappa shape index (κ3) is 4.93. The van der Waals surface area contributed by atoms with Gasteiger partial charge in [-0.2, -0.15) is 0 Å². The van der Waals surface area contributed by atoms with Gasteiger partial charge in [0.25, 0.3) is 0 Å². The third-order valence-electron chi connectivity index (χ3n) is 3.70. The van der Waals surface area contributed by atoms with E-state index < -0.39 is 0 Å². The highest BCUT2D eigenvalue weighted by Crippen LogP contribution is 2.33. The molecule has 2 nitrogen and oxygen atoms in total. The maximum absolute atomic E-state index is 11.5. The minimum absolute atomic E-state index is 0.204. The minimum atomic E-state index is -0.252. The van der Waals surface area contributed by atoms with Crippen LogP contribution in [0, 0.1) is 0 Å². The summed E-state index contributed by atoms with van der Waals surface area (Å²) in [6.45, 7) is 5.67. The van der Waals surface area contributed by atoms with Crippen molar-refractivity contribution in [3.05, 3.63) is 12.7 Å². The Morgan fingerprint density at radius 3 is 2.18 bits per heavy atom. The van der Waals surface area contributed by atoms with E-state index >= 15 is 0 Å². The topological polar surface area (TPSA) is 26.3 Å². The summed E-state index contributed by atoms with van der Waals surface area (Å²) in [6, 6.07) is 0. The summed E-state index contributed by atoms with van der Waals surface area (Å²) in [6.07, 6.45) is 13.0. The fourth-order valence-electron chi connectivity index (χ4n) is 2.84. The number of ether oxygens (including phenoxy) is 1. The van der Waals surface area contributed by atoms with Crippen LogP contribution in [0.1, 0.15) is 71.1 Å². The van der Waals surface area contributed by atoms with E-state index in [0.29, 0.717) is 0 Å². The van der Waals surface area contributed by atoms with Crippen molar-refractivity contribution >= 4 is 5.97 Å². The van der Waals surface area contributed by atoms with Gasteiger partial charge in [0.2, 0.25) is 0 Å². The number of esters is 1. The van der Waals surface area contributed by atoms with E-state index in [1.54, 1.807) is 0 Å². The Balaban J connectivity index is 2.68. The molecule has 0 saturated heterocycles. The first-order chi connectivity index (χ1) is 8.22. The van der Waals surface area contributed by atoms with Gasteiger partial charge in [0.05, 0.1) is 0 Å². The Morgan fingerprint density at radius 1 is 1.18 bits per heavy atom. The first-order valence-corrected chi connectivity index (χ1v) is 7.08. The number of carbonyl (C=O) groups is 1. The van der Waals surface area contributed by atoms with E-state index in [1.165, 1.54) is 44.6 Å². The monoisotopic (exact) mass is 238 g/mol. The van der Waals surface area contributed by atoms with Crippen LogP contribution in [0.4, 0.5) is 0 Å². The van der Waals surface area contributed by atoms with Gasteiger partial charge in [0, 0.05) is 6.08 Å². The highest BCUT2D eigenvalue weighted by atomic mass is 16.6. The number of rotatable bonds is 4. The van der Waals surface area contributed by atoms with Crippen LogP contribution >= 0.6 is 0 Å². The molecule has 0 atom stereocenters. The molecule has 0 spiro atoms. The molecule has 0 radical (unpaired) electrons. The number of carbonyl (C=O) groups excluding carboxylic acids is 1. The van der Waals surface area contributed by atoms with E-state index in [-0.39, 0.29) is 11.6 Å². The standard InChI is InChI=1S/C15H26O2/c1-3-11-15(17-14(16)4-2)12-9-7-5-6-8-10-13-15/h4H,2-3,5-13H2,1H3. The Bertz CT molecular complexity index is 235. The Kier molecular flexibility index (Phi) is 6.31. The third-order valence-corrected chi connectivity index (χ3v) is 3.70. The lowest BCUT2D eigenvalue weighted by Crippen LogP contribution is -2.34. The minimum Gasteiger partial charge on any atom is -0.456 e. The average Bonchev–Trinajstić information content (AvgIpc) is 2.42. The molecule has 1 fully saturated rings. The summed E-state index contributed by atoms with van der Waals surface area (Å²) in [5, 5.41) is 0. The lowest BCUT2D eigenvalue weighted by molar-refractivity contribution is -0.156. The van der Waals surface area contributed by atoms with Gasteiger partial charge in [0.15, 0.2) is 0 Å². The summed E-state index contributed by atoms with van der Waals surface area (Å²) in [5.41, 5.74) is -0.204. The zero-order valence-electron chi connectivity index (χ0n) is 11.2. The maximum Gasteiger partial charge on any atom is 0.330 e. The summed E-state index contributed by atoms with van der Waals surface area (Å²) < 4.78 is 5.70. The highest BCUT2D eigenvalue weighted by molar-refractivity contribution is 5.81. The van der Waals surface area contributed by atoms with Crippen molar-refractivity contribution in [2.75, 3.05) is 0 Å². The van der Waals surface area contributed by atoms with Crippen LogP contribution < -0.4 is 0 Å². The lowest BCUT2D eigenvalue weighted by atomic mass is 9.87. The molecule has 0 heterocycles. The van der Waals surface area contributed by atoms with E-state index in [2.05, 4.69) is 13.5 Å². The predicted molar refractivity (Wildman–Crippen MR) is 70.9 cm³/mol. The molecule has 17 heavy (non-hydrogen) atoms. The molecule has 98 valence electrons. The quantitative estimate of drug-likeness (QED) is 0.536. The van der Waals surface area contributed by atoms with Crippen molar-refractivity contribution in [2.24, 2.45) is 0 Å². The molecule has 1 aliphatic carbocycles. The molecular weight excluding hydrogens is 212 g/mol. The second kappa shape index (κ2) is 7.52. The molecule has 2 heteroatoms. The van der Waals surface area contributed by atoms with Crippen LogP contribution in [0.25, 0.3) is 0 Å². The number of hydrogen-bond donors (Lipinski definition) is 0. The fraction of sp³-hybridized carbons (Fsp3) is 0.800. The molecule has 1 saturated carbocycles. The second-order valence-electron chi connectivity index (χ2n) is 5.18. The molecule has 0 aromatic carbocycles.